The van der Waals surface area contributed by atoms with Gasteiger partial charge in [0.25, 0.3) is 5.89 Å². The number of nitrogens with one attached hydrogen (secondary N) is 1. The van der Waals surface area contributed by atoms with Gasteiger partial charge in [0.05, 0.1) is 0 Å². The Morgan fingerprint density at radius 2 is 1.85 bits per heavy atom. The van der Waals surface area contributed by atoms with Crippen molar-refractivity contribution >= 4 is 16.8 Å². The topological polar surface area (TPSA) is 73.0 Å². The van der Waals surface area contributed by atoms with Crippen molar-refractivity contribution in [3.05, 3.63) is 72.1 Å². The summed E-state index contributed by atoms with van der Waals surface area (Å²) in [6.45, 7) is 2.54. The van der Waals surface area contributed by atoms with Crippen LogP contribution in [0.4, 0.5) is 0 Å². The van der Waals surface area contributed by atoms with Gasteiger partial charge in [-0.15, -0.1) is 10.2 Å². The fourth-order valence-corrected chi connectivity index (χ4v) is 3.15. The molecule has 0 saturated carbocycles. The number of rotatable bonds is 6. The van der Waals surface area contributed by atoms with Crippen molar-refractivity contribution in [1.29, 1.82) is 0 Å². The summed E-state index contributed by atoms with van der Waals surface area (Å²) >= 11 is 0. The number of carbonyl (C=O) groups is 1. The molecule has 4 rings (SSSR count). The highest BCUT2D eigenvalue weighted by atomic mass is 16.4. The minimum absolute atomic E-state index is 0.0511. The summed E-state index contributed by atoms with van der Waals surface area (Å²) in [6.07, 6.45) is 0.800. The molecule has 136 valence electrons. The van der Waals surface area contributed by atoms with Crippen LogP contribution in [0.15, 0.2) is 65.1 Å². The van der Waals surface area contributed by atoms with E-state index in [9.17, 15) is 4.79 Å². The van der Waals surface area contributed by atoms with E-state index in [4.69, 9.17) is 4.42 Å². The second-order valence-corrected chi connectivity index (χ2v) is 6.39. The number of para-hydroxylation sites is 1. The minimum atomic E-state index is -0.0511. The SMILES string of the molecule is Cc1nnc(-c2cc3ccccc3n2CC(=O)NCCc2ccccc2)o1. The fraction of sp³-hybridized carbons (Fsp3) is 0.190. The molecule has 0 saturated heterocycles. The van der Waals surface area contributed by atoms with E-state index in [1.165, 1.54) is 5.56 Å². The molecular weight excluding hydrogens is 340 g/mol. The Balaban J connectivity index is 1.53. The third-order valence-corrected chi connectivity index (χ3v) is 4.44. The molecule has 0 fully saturated rings. The van der Waals surface area contributed by atoms with Gasteiger partial charge >= 0.3 is 0 Å². The predicted octanol–water partition coefficient (Wildman–Crippen LogP) is 3.36. The van der Waals surface area contributed by atoms with E-state index < -0.39 is 0 Å². The van der Waals surface area contributed by atoms with Crippen LogP contribution < -0.4 is 5.32 Å². The molecule has 0 aliphatic carbocycles. The molecule has 6 nitrogen and oxygen atoms in total. The number of hydrogen-bond donors (Lipinski definition) is 1. The third kappa shape index (κ3) is 3.74. The second kappa shape index (κ2) is 7.45. The van der Waals surface area contributed by atoms with Gasteiger partial charge in [-0.05, 0) is 24.1 Å². The summed E-state index contributed by atoms with van der Waals surface area (Å²) < 4.78 is 7.50. The number of nitrogens with zero attached hydrogens (tertiary/aromatic N) is 3. The van der Waals surface area contributed by atoms with Gasteiger partial charge in [-0.3, -0.25) is 4.79 Å². The average Bonchev–Trinajstić information content (AvgIpc) is 3.26. The van der Waals surface area contributed by atoms with Gasteiger partial charge in [-0.25, -0.2) is 0 Å². The number of amides is 1. The summed E-state index contributed by atoms with van der Waals surface area (Å²) in [7, 11) is 0. The number of fused-ring (bicyclic) bond motifs is 1. The smallest absolute Gasteiger partial charge is 0.264 e. The van der Waals surface area contributed by atoms with Crippen LogP contribution in [-0.2, 0) is 17.8 Å². The van der Waals surface area contributed by atoms with Crippen LogP contribution in [0.5, 0.6) is 0 Å². The molecule has 4 aromatic rings. The maximum Gasteiger partial charge on any atom is 0.264 e. The van der Waals surface area contributed by atoms with Gasteiger partial charge < -0.3 is 14.3 Å². The van der Waals surface area contributed by atoms with Crippen LogP contribution >= 0.6 is 0 Å². The lowest BCUT2D eigenvalue weighted by Crippen LogP contribution is -2.29. The monoisotopic (exact) mass is 360 g/mol. The Bertz CT molecular complexity index is 1070. The van der Waals surface area contributed by atoms with Crippen molar-refractivity contribution < 1.29 is 9.21 Å². The van der Waals surface area contributed by atoms with E-state index in [1.54, 1.807) is 6.92 Å². The number of benzene rings is 2. The highest BCUT2D eigenvalue weighted by Gasteiger charge is 2.17. The molecule has 0 bridgehead atoms. The quantitative estimate of drug-likeness (QED) is 0.572. The highest BCUT2D eigenvalue weighted by Crippen LogP contribution is 2.27. The zero-order valence-corrected chi connectivity index (χ0v) is 15.1. The molecule has 0 aliphatic heterocycles. The van der Waals surface area contributed by atoms with Crippen LogP contribution in [0.3, 0.4) is 0 Å². The molecular formula is C21H20N4O2. The van der Waals surface area contributed by atoms with Crippen molar-refractivity contribution in [2.45, 2.75) is 19.9 Å². The third-order valence-electron chi connectivity index (χ3n) is 4.44. The van der Waals surface area contributed by atoms with Gasteiger partial charge in [0.1, 0.15) is 12.2 Å². The standard InChI is InChI=1S/C21H20N4O2/c1-15-23-24-21(27-15)19-13-17-9-5-6-10-18(17)25(19)14-20(26)22-12-11-16-7-3-2-4-8-16/h2-10,13H,11-12,14H2,1H3,(H,22,26). The van der Waals surface area contributed by atoms with E-state index in [-0.39, 0.29) is 12.5 Å². The first-order chi connectivity index (χ1) is 13.2. The number of aryl methyl sites for hydroxylation is 1. The molecule has 0 radical (unpaired) electrons. The lowest BCUT2D eigenvalue weighted by Gasteiger charge is -2.10. The molecule has 6 heteroatoms. The van der Waals surface area contributed by atoms with Gasteiger partial charge in [0.2, 0.25) is 11.8 Å². The van der Waals surface area contributed by atoms with Crippen LogP contribution in [0.2, 0.25) is 0 Å². The summed E-state index contributed by atoms with van der Waals surface area (Å²) in [5, 5.41) is 12.0. The zero-order chi connectivity index (χ0) is 18.6. The largest absolute Gasteiger partial charge is 0.420 e. The Morgan fingerprint density at radius 1 is 1.07 bits per heavy atom. The lowest BCUT2D eigenvalue weighted by molar-refractivity contribution is -0.121. The Kier molecular flexibility index (Phi) is 4.70. The number of hydrogen-bond acceptors (Lipinski definition) is 4. The van der Waals surface area contributed by atoms with E-state index in [0.717, 1.165) is 23.0 Å². The molecule has 1 amide bonds. The molecule has 1 N–H and O–H groups in total. The van der Waals surface area contributed by atoms with E-state index >= 15 is 0 Å². The van der Waals surface area contributed by atoms with Gasteiger partial charge in [-0.2, -0.15) is 0 Å². The first-order valence-electron chi connectivity index (χ1n) is 8.90. The molecule has 0 unspecified atom stereocenters. The van der Waals surface area contributed by atoms with Crippen molar-refractivity contribution in [3.8, 4) is 11.6 Å². The van der Waals surface area contributed by atoms with Crippen LogP contribution in [0.25, 0.3) is 22.5 Å². The lowest BCUT2D eigenvalue weighted by atomic mass is 10.1. The van der Waals surface area contributed by atoms with Gasteiger partial charge in [0.15, 0.2) is 0 Å². The van der Waals surface area contributed by atoms with Crippen molar-refractivity contribution in [1.82, 2.24) is 20.1 Å². The maximum absolute atomic E-state index is 12.5. The Morgan fingerprint density at radius 3 is 2.63 bits per heavy atom. The molecule has 0 spiro atoms. The summed E-state index contributed by atoms with van der Waals surface area (Å²) in [4.78, 5) is 12.5. The summed E-state index contributed by atoms with van der Waals surface area (Å²) in [5.74, 6) is 0.861. The highest BCUT2D eigenvalue weighted by molar-refractivity contribution is 5.88. The van der Waals surface area contributed by atoms with E-state index in [0.29, 0.717) is 18.3 Å². The molecule has 2 heterocycles. The van der Waals surface area contributed by atoms with Crippen molar-refractivity contribution in [2.24, 2.45) is 0 Å². The summed E-state index contributed by atoms with van der Waals surface area (Å²) in [6, 6.07) is 20.0. The molecule has 2 aromatic heterocycles. The normalized spacial score (nSPS) is 11.0. The first kappa shape index (κ1) is 17.0. The molecule has 27 heavy (non-hydrogen) atoms. The number of aromatic nitrogens is 3. The van der Waals surface area contributed by atoms with Gasteiger partial charge in [0, 0.05) is 24.4 Å². The van der Waals surface area contributed by atoms with Crippen LogP contribution in [0, 0.1) is 6.92 Å². The van der Waals surface area contributed by atoms with E-state index in [2.05, 4.69) is 27.6 Å². The number of carbonyl (C=O) groups excluding carboxylic acids is 1. The Hall–Kier alpha value is -3.41. The van der Waals surface area contributed by atoms with Crippen molar-refractivity contribution in [2.75, 3.05) is 6.54 Å². The Labute approximate surface area is 156 Å². The average molecular weight is 360 g/mol. The second-order valence-electron chi connectivity index (χ2n) is 6.39. The van der Waals surface area contributed by atoms with Crippen molar-refractivity contribution in [3.63, 3.8) is 0 Å². The van der Waals surface area contributed by atoms with Crippen LogP contribution in [-0.4, -0.2) is 27.2 Å². The van der Waals surface area contributed by atoms with E-state index in [1.807, 2.05) is 53.1 Å². The predicted molar refractivity (Wildman–Crippen MR) is 103 cm³/mol. The first-order valence-corrected chi connectivity index (χ1v) is 8.90. The molecule has 0 aliphatic rings. The fourth-order valence-electron chi connectivity index (χ4n) is 3.15. The maximum atomic E-state index is 12.5. The van der Waals surface area contributed by atoms with Gasteiger partial charge in [-0.1, -0.05) is 48.5 Å². The summed E-state index contributed by atoms with van der Waals surface area (Å²) in [5.41, 5.74) is 2.91. The molecule has 2 aromatic carbocycles. The zero-order valence-electron chi connectivity index (χ0n) is 15.1. The molecule has 0 atom stereocenters. The minimum Gasteiger partial charge on any atom is -0.420 e. The van der Waals surface area contributed by atoms with Crippen LogP contribution in [0.1, 0.15) is 11.5 Å².